The molecule has 0 aliphatic heterocycles. The molecule has 3 aromatic rings. The van der Waals surface area contributed by atoms with Gasteiger partial charge in [0.15, 0.2) is 5.65 Å². The molecular weight excluding hydrogens is 252 g/mol. The summed E-state index contributed by atoms with van der Waals surface area (Å²) in [5, 5.41) is 0.683. The second-order valence-corrected chi connectivity index (χ2v) is 4.19. The summed E-state index contributed by atoms with van der Waals surface area (Å²) in [5.74, 6) is 0.451. The van der Waals surface area contributed by atoms with Gasteiger partial charge in [0.05, 0.1) is 11.1 Å². The van der Waals surface area contributed by atoms with Crippen molar-refractivity contribution in [1.82, 2.24) is 19.9 Å². The van der Waals surface area contributed by atoms with Crippen LogP contribution in [0.5, 0.6) is 0 Å². The fourth-order valence-corrected chi connectivity index (χ4v) is 1.82. The van der Waals surface area contributed by atoms with E-state index in [-0.39, 0.29) is 5.95 Å². The van der Waals surface area contributed by atoms with Crippen molar-refractivity contribution >= 4 is 35.0 Å². The topological polar surface area (TPSA) is 104 Å². The van der Waals surface area contributed by atoms with Crippen LogP contribution in [-0.2, 0) is 0 Å². The second kappa shape index (κ2) is 4.93. The first kappa shape index (κ1) is 12.0. The van der Waals surface area contributed by atoms with Crippen LogP contribution in [0.4, 0.5) is 11.8 Å². The third-order valence-electron chi connectivity index (χ3n) is 2.75. The Kier molecular flexibility index (Phi) is 2.96. The number of nitrogen functional groups attached to an aromatic ring is 2. The van der Waals surface area contributed by atoms with Crippen molar-refractivity contribution in [3.05, 3.63) is 47.9 Å². The third-order valence-corrected chi connectivity index (χ3v) is 2.75. The van der Waals surface area contributed by atoms with Crippen molar-refractivity contribution in [2.45, 2.75) is 0 Å². The van der Waals surface area contributed by atoms with Crippen LogP contribution >= 0.6 is 0 Å². The second-order valence-electron chi connectivity index (χ2n) is 4.19. The van der Waals surface area contributed by atoms with Crippen LogP contribution in [0.3, 0.4) is 0 Å². The highest BCUT2D eigenvalue weighted by molar-refractivity contribution is 5.88. The Balaban J connectivity index is 1.99. The normalized spacial score (nSPS) is 11.2. The molecule has 6 nitrogen and oxygen atoms in total. The molecule has 0 aliphatic rings. The molecule has 6 heteroatoms. The number of rotatable bonds is 2. The summed E-state index contributed by atoms with van der Waals surface area (Å²) < 4.78 is 0. The summed E-state index contributed by atoms with van der Waals surface area (Å²) >= 11 is 0. The van der Waals surface area contributed by atoms with Crippen molar-refractivity contribution < 1.29 is 0 Å². The van der Waals surface area contributed by atoms with E-state index in [1.54, 1.807) is 12.4 Å². The van der Waals surface area contributed by atoms with Gasteiger partial charge in [0.2, 0.25) is 5.95 Å². The van der Waals surface area contributed by atoms with Crippen LogP contribution in [0.2, 0.25) is 0 Å². The van der Waals surface area contributed by atoms with E-state index >= 15 is 0 Å². The molecule has 0 bridgehead atoms. The number of aromatic nitrogens is 4. The van der Waals surface area contributed by atoms with Gasteiger partial charge in [-0.2, -0.15) is 9.97 Å². The molecule has 0 aromatic carbocycles. The fraction of sp³-hybridized carbons (Fsp3) is 0. The minimum atomic E-state index is 0.124. The van der Waals surface area contributed by atoms with E-state index in [1.807, 2.05) is 36.4 Å². The molecule has 0 radical (unpaired) electrons. The van der Waals surface area contributed by atoms with Crippen LogP contribution in [0.25, 0.3) is 23.2 Å². The molecule has 0 amide bonds. The first-order valence-electron chi connectivity index (χ1n) is 6.00. The molecule has 3 rings (SSSR count). The fourth-order valence-electron chi connectivity index (χ4n) is 1.82. The minimum Gasteiger partial charge on any atom is -0.383 e. The van der Waals surface area contributed by atoms with E-state index in [0.717, 1.165) is 11.3 Å². The van der Waals surface area contributed by atoms with Gasteiger partial charge >= 0.3 is 0 Å². The van der Waals surface area contributed by atoms with Gasteiger partial charge in [-0.3, -0.25) is 4.98 Å². The highest BCUT2D eigenvalue weighted by atomic mass is 15.1. The Bertz CT molecular complexity index is 782. The lowest BCUT2D eigenvalue weighted by molar-refractivity contribution is 1.20. The van der Waals surface area contributed by atoms with Crippen LogP contribution in [-0.4, -0.2) is 19.9 Å². The zero-order valence-electron chi connectivity index (χ0n) is 10.6. The highest BCUT2D eigenvalue weighted by Gasteiger charge is 2.04. The molecule has 0 saturated carbocycles. The van der Waals surface area contributed by atoms with Gasteiger partial charge in [0.1, 0.15) is 5.82 Å². The monoisotopic (exact) mass is 264 g/mol. The van der Waals surface area contributed by atoms with E-state index in [9.17, 15) is 0 Å². The predicted molar refractivity (Wildman–Crippen MR) is 79.3 cm³/mol. The standard InChI is InChI=1S/C14H12N6/c15-12-11-7-9(4-5-10-3-1-2-6-17-10)8-18-13(11)20-14(16)19-12/h1-8H,(H4,15,16,18,19,20)/b5-4+. The average molecular weight is 264 g/mol. The van der Waals surface area contributed by atoms with Gasteiger partial charge in [0.25, 0.3) is 0 Å². The summed E-state index contributed by atoms with van der Waals surface area (Å²) in [6.07, 6.45) is 7.25. The smallest absolute Gasteiger partial charge is 0.224 e. The molecule has 3 aromatic heterocycles. The van der Waals surface area contributed by atoms with E-state index in [4.69, 9.17) is 11.5 Å². The zero-order valence-corrected chi connectivity index (χ0v) is 10.6. The summed E-state index contributed by atoms with van der Waals surface area (Å²) in [7, 11) is 0. The average Bonchev–Trinajstić information content (AvgIpc) is 2.46. The Morgan fingerprint density at radius 1 is 1.00 bits per heavy atom. The van der Waals surface area contributed by atoms with Gasteiger partial charge in [0, 0.05) is 12.4 Å². The van der Waals surface area contributed by atoms with Crippen molar-refractivity contribution in [3.63, 3.8) is 0 Å². The summed E-state index contributed by atoms with van der Waals surface area (Å²) in [4.78, 5) is 16.4. The van der Waals surface area contributed by atoms with Crippen LogP contribution in [0.15, 0.2) is 36.7 Å². The SMILES string of the molecule is Nc1nc(N)c2cc(/C=C/c3ccccn3)cnc2n1. The van der Waals surface area contributed by atoms with Crippen molar-refractivity contribution in [3.8, 4) is 0 Å². The van der Waals surface area contributed by atoms with Gasteiger partial charge < -0.3 is 11.5 Å². The van der Waals surface area contributed by atoms with Gasteiger partial charge in [-0.1, -0.05) is 12.1 Å². The molecule has 0 fully saturated rings. The molecule has 0 unspecified atom stereocenters. The van der Waals surface area contributed by atoms with Gasteiger partial charge in [-0.15, -0.1) is 0 Å². The quantitative estimate of drug-likeness (QED) is 0.730. The molecule has 0 saturated heterocycles. The number of nitrogens with zero attached hydrogens (tertiary/aromatic N) is 4. The van der Waals surface area contributed by atoms with Crippen molar-refractivity contribution in [1.29, 1.82) is 0 Å². The summed E-state index contributed by atoms with van der Waals surface area (Å²) in [6, 6.07) is 7.59. The molecule has 3 heterocycles. The van der Waals surface area contributed by atoms with E-state index in [2.05, 4.69) is 19.9 Å². The van der Waals surface area contributed by atoms with Crippen LogP contribution < -0.4 is 11.5 Å². The van der Waals surface area contributed by atoms with Gasteiger partial charge in [-0.05, 0) is 29.8 Å². The predicted octanol–water partition coefficient (Wildman–Crippen LogP) is 1.75. The number of nitrogens with two attached hydrogens (primary N) is 2. The molecule has 98 valence electrons. The first-order valence-corrected chi connectivity index (χ1v) is 6.00. The molecule has 0 aliphatic carbocycles. The van der Waals surface area contributed by atoms with E-state index in [0.29, 0.717) is 16.9 Å². The number of hydrogen-bond acceptors (Lipinski definition) is 6. The maximum atomic E-state index is 5.83. The zero-order chi connectivity index (χ0) is 13.9. The van der Waals surface area contributed by atoms with E-state index < -0.39 is 0 Å². The third kappa shape index (κ3) is 2.39. The van der Waals surface area contributed by atoms with Crippen molar-refractivity contribution in [2.75, 3.05) is 11.5 Å². The molecule has 0 atom stereocenters. The Hall–Kier alpha value is -3.02. The Labute approximate surface area is 115 Å². The molecule has 4 N–H and O–H groups in total. The lowest BCUT2D eigenvalue weighted by Gasteiger charge is -2.02. The van der Waals surface area contributed by atoms with E-state index in [1.165, 1.54) is 0 Å². The molecule has 0 spiro atoms. The number of fused-ring (bicyclic) bond motifs is 1. The Morgan fingerprint density at radius 3 is 2.70 bits per heavy atom. The Morgan fingerprint density at radius 2 is 1.90 bits per heavy atom. The highest BCUT2D eigenvalue weighted by Crippen LogP contribution is 2.19. The largest absolute Gasteiger partial charge is 0.383 e. The molecule has 20 heavy (non-hydrogen) atoms. The number of hydrogen-bond donors (Lipinski definition) is 2. The first-order chi connectivity index (χ1) is 9.72. The lowest BCUT2D eigenvalue weighted by atomic mass is 10.2. The maximum Gasteiger partial charge on any atom is 0.224 e. The number of pyridine rings is 2. The van der Waals surface area contributed by atoms with Gasteiger partial charge in [-0.25, -0.2) is 4.98 Å². The number of anilines is 2. The maximum absolute atomic E-state index is 5.83. The summed E-state index contributed by atoms with van der Waals surface area (Å²) in [5.41, 5.74) is 13.6. The molecular formula is C14H12N6. The van der Waals surface area contributed by atoms with Crippen molar-refractivity contribution in [2.24, 2.45) is 0 Å². The van der Waals surface area contributed by atoms with Crippen LogP contribution in [0.1, 0.15) is 11.3 Å². The lowest BCUT2D eigenvalue weighted by Crippen LogP contribution is -2.01. The summed E-state index contributed by atoms with van der Waals surface area (Å²) in [6.45, 7) is 0. The minimum absolute atomic E-state index is 0.124. The van der Waals surface area contributed by atoms with Crippen LogP contribution in [0, 0.1) is 0 Å².